The van der Waals surface area contributed by atoms with E-state index in [1.807, 2.05) is 0 Å². The number of carbonyl (C=O) groups is 1. The van der Waals surface area contributed by atoms with Crippen molar-refractivity contribution in [3.05, 3.63) is 64.5 Å². The van der Waals surface area contributed by atoms with Crippen LogP contribution in [0.5, 0.6) is 5.75 Å². The summed E-state index contributed by atoms with van der Waals surface area (Å²) in [5, 5.41) is 18.6. The van der Waals surface area contributed by atoms with Gasteiger partial charge in [0.1, 0.15) is 11.6 Å². The maximum absolute atomic E-state index is 12.9. The molecule has 1 heterocycles. The molecule has 26 heavy (non-hydrogen) atoms. The Bertz CT molecular complexity index is 961. The first-order chi connectivity index (χ1) is 12.4. The van der Waals surface area contributed by atoms with Crippen LogP contribution in [0.25, 0.3) is 0 Å². The Hall–Kier alpha value is -2.58. The number of thioether (sulfide) groups is 1. The van der Waals surface area contributed by atoms with Crippen molar-refractivity contribution < 1.29 is 14.3 Å². The molecule has 3 aromatic rings. The largest absolute Gasteiger partial charge is 0.507 e. The van der Waals surface area contributed by atoms with Gasteiger partial charge >= 0.3 is 0 Å². The van der Waals surface area contributed by atoms with Crippen molar-refractivity contribution in [2.45, 2.75) is 18.7 Å². The van der Waals surface area contributed by atoms with Crippen LogP contribution >= 0.6 is 23.1 Å². The molecule has 0 fully saturated rings. The van der Waals surface area contributed by atoms with Gasteiger partial charge < -0.3 is 5.11 Å². The number of rotatable bonds is 4. The average Bonchev–Trinajstić information content (AvgIpc) is 3.09. The van der Waals surface area contributed by atoms with Gasteiger partial charge in [-0.05, 0) is 73.1 Å². The fraction of sp³-hybridized carbons (Fsp3) is 0.111. The number of benzene rings is 2. The summed E-state index contributed by atoms with van der Waals surface area (Å²) >= 11 is 2.11. The van der Waals surface area contributed by atoms with E-state index in [4.69, 9.17) is 0 Å². The van der Waals surface area contributed by atoms with Gasteiger partial charge in [0.2, 0.25) is 0 Å². The van der Waals surface area contributed by atoms with Crippen molar-refractivity contribution in [1.29, 1.82) is 0 Å². The molecule has 1 aromatic heterocycles. The molecule has 0 spiro atoms. The smallest absolute Gasteiger partial charge is 0.252 e. The molecular formula is C18H14FN3O2S2. The Balaban J connectivity index is 1.71. The molecule has 0 radical (unpaired) electrons. The molecule has 0 saturated heterocycles. The Labute approximate surface area is 157 Å². The van der Waals surface area contributed by atoms with Gasteiger partial charge in [0.25, 0.3) is 5.12 Å². The minimum Gasteiger partial charge on any atom is -0.507 e. The van der Waals surface area contributed by atoms with E-state index >= 15 is 0 Å². The number of halogens is 1. The minimum absolute atomic E-state index is 0.237. The second-order valence-electron chi connectivity index (χ2n) is 5.48. The third-order valence-electron chi connectivity index (χ3n) is 3.43. The monoisotopic (exact) mass is 387 g/mol. The molecule has 0 unspecified atom stereocenters. The van der Waals surface area contributed by atoms with E-state index in [1.165, 1.54) is 18.3 Å². The van der Waals surface area contributed by atoms with Gasteiger partial charge in [-0.3, -0.25) is 4.79 Å². The Kier molecular flexibility index (Phi) is 5.43. The van der Waals surface area contributed by atoms with Gasteiger partial charge in [0.05, 0.1) is 11.9 Å². The molecular weight excluding hydrogens is 373 g/mol. The predicted molar refractivity (Wildman–Crippen MR) is 100 cm³/mol. The molecule has 0 atom stereocenters. The van der Waals surface area contributed by atoms with Crippen LogP contribution in [0.15, 0.2) is 57.7 Å². The third-order valence-corrected chi connectivity index (χ3v) is 5.33. The molecule has 2 aromatic carbocycles. The average molecular weight is 387 g/mol. The molecule has 0 aliphatic carbocycles. The summed E-state index contributed by atoms with van der Waals surface area (Å²) in [6.45, 7) is 3.58. The zero-order chi connectivity index (χ0) is 18.7. The summed E-state index contributed by atoms with van der Waals surface area (Å²) < 4.78 is 12.9. The number of aryl methyl sites for hydroxylation is 2. The fourth-order valence-corrected chi connectivity index (χ4v) is 3.61. The van der Waals surface area contributed by atoms with Crippen LogP contribution in [-0.2, 0) is 0 Å². The van der Waals surface area contributed by atoms with Crippen molar-refractivity contribution >= 4 is 38.9 Å². The number of phenolic OH excluding ortho intramolecular Hbond substituents is 1. The van der Waals surface area contributed by atoms with E-state index in [-0.39, 0.29) is 16.7 Å². The van der Waals surface area contributed by atoms with Crippen molar-refractivity contribution in [3.63, 3.8) is 0 Å². The summed E-state index contributed by atoms with van der Waals surface area (Å²) in [6.07, 6.45) is 1.48. The summed E-state index contributed by atoms with van der Waals surface area (Å²) in [4.78, 5) is 16.9. The summed E-state index contributed by atoms with van der Waals surface area (Å²) in [5.74, 6) is -0.106. The van der Waals surface area contributed by atoms with Crippen molar-refractivity contribution in [2.75, 3.05) is 0 Å². The van der Waals surface area contributed by atoms with Crippen LogP contribution in [0.4, 0.5) is 15.1 Å². The molecule has 0 aliphatic rings. The Morgan fingerprint density at radius 1 is 1.15 bits per heavy atom. The third kappa shape index (κ3) is 4.33. The topological polar surface area (TPSA) is 74.9 Å². The summed E-state index contributed by atoms with van der Waals surface area (Å²) in [5.41, 5.74) is 2.05. The lowest BCUT2D eigenvalue weighted by atomic mass is 10.1. The first kappa shape index (κ1) is 18.2. The van der Waals surface area contributed by atoms with Crippen molar-refractivity contribution in [1.82, 2.24) is 4.98 Å². The molecule has 8 heteroatoms. The van der Waals surface area contributed by atoms with Crippen LogP contribution in [0.2, 0.25) is 0 Å². The van der Waals surface area contributed by atoms with Gasteiger partial charge in [0.15, 0.2) is 10.0 Å². The maximum atomic E-state index is 12.9. The van der Waals surface area contributed by atoms with Crippen LogP contribution < -0.4 is 0 Å². The number of azo groups is 1. The highest BCUT2D eigenvalue weighted by Gasteiger charge is 2.13. The van der Waals surface area contributed by atoms with Crippen LogP contribution in [0.3, 0.4) is 0 Å². The molecule has 1 N–H and O–H groups in total. The van der Waals surface area contributed by atoms with Crippen molar-refractivity contribution in [2.24, 2.45) is 10.2 Å². The normalized spacial score (nSPS) is 11.2. The molecule has 132 valence electrons. The number of aromatic hydroxyl groups is 1. The maximum Gasteiger partial charge on any atom is 0.252 e. The SMILES string of the molecule is Cc1cc(/N=N/c2cnc(C(=O)Sc3ccc(F)cc3)s2)cc(C)c1O. The lowest BCUT2D eigenvalue weighted by Gasteiger charge is -2.03. The number of thiazole rings is 1. The highest BCUT2D eigenvalue weighted by molar-refractivity contribution is 8.14. The van der Waals surface area contributed by atoms with Gasteiger partial charge in [0, 0.05) is 4.90 Å². The van der Waals surface area contributed by atoms with Gasteiger partial charge in [-0.15, -0.1) is 10.2 Å². The molecule has 0 amide bonds. The van der Waals surface area contributed by atoms with E-state index in [0.29, 0.717) is 20.6 Å². The summed E-state index contributed by atoms with van der Waals surface area (Å²) in [6, 6.07) is 9.15. The van der Waals surface area contributed by atoms with E-state index in [2.05, 4.69) is 15.2 Å². The molecule has 0 saturated carbocycles. The van der Waals surface area contributed by atoms with E-state index < -0.39 is 0 Å². The quantitative estimate of drug-likeness (QED) is 0.443. The molecule has 0 bridgehead atoms. The Morgan fingerprint density at radius 3 is 2.46 bits per heavy atom. The van der Waals surface area contributed by atoms with E-state index in [0.717, 1.165) is 34.2 Å². The summed E-state index contributed by atoms with van der Waals surface area (Å²) in [7, 11) is 0. The lowest BCUT2D eigenvalue weighted by molar-refractivity contribution is 0.108. The van der Waals surface area contributed by atoms with Gasteiger partial charge in [-0.1, -0.05) is 11.3 Å². The molecule has 5 nitrogen and oxygen atoms in total. The van der Waals surface area contributed by atoms with Crippen LogP contribution in [0, 0.1) is 19.7 Å². The molecule has 0 aliphatic heterocycles. The number of aromatic nitrogens is 1. The van der Waals surface area contributed by atoms with Gasteiger partial charge in [-0.25, -0.2) is 9.37 Å². The number of hydrogen-bond acceptors (Lipinski definition) is 7. The second kappa shape index (κ2) is 7.76. The highest BCUT2D eigenvalue weighted by atomic mass is 32.2. The second-order valence-corrected chi connectivity index (χ2v) is 7.53. The minimum atomic E-state index is -0.349. The highest BCUT2D eigenvalue weighted by Crippen LogP contribution is 2.31. The van der Waals surface area contributed by atoms with Gasteiger partial charge in [-0.2, -0.15) is 0 Å². The first-order valence-corrected chi connectivity index (χ1v) is 9.21. The zero-order valence-electron chi connectivity index (χ0n) is 13.9. The lowest BCUT2D eigenvalue weighted by Crippen LogP contribution is -1.91. The number of hydrogen-bond donors (Lipinski definition) is 1. The number of nitrogens with zero attached hydrogens (tertiary/aromatic N) is 3. The number of phenols is 1. The fourth-order valence-electron chi connectivity index (χ4n) is 2.16. The van der Waals surface area contributed by atoms with E-state index in [9.17, 15) is 14.3 Å². The van der Waals surface area contributed by atoms with E-state index in [1.54, 1.807) is 38.1 Å². The molecule has 3 rings (SSSR count). The van der Waals surface area contributed by atoms with Crippen molar-refractivity contribution in [3.8, 4) is 5.75 Å². The standard InChI is InChI=1S/C18H14FN3O2S2/c1-10-7-13(8-11(2)16(10)23)21-22-15-9-20-17(26-15)18(24)25-14-5-3-12(19)4-6-14/h3-9,23H,1-2H3/b22-21+. The first-order valence-electron chi connectivity index (χ1n) is 7.58. The predicted octanol–water partition coefficient (Wildman–Crippen LogP) is 5.95. The van der Waals surface area contributed by atoms with Crippen LogP contribution in [0.1, 0.15) is 20.9 Å². The zero-order valence-corrected chi connectivity index (χ0v) is 15.6. The Morgan fingerprint density at radius 2 is 1.81 bits per heavy atom. The van der Waals surface area contributed by atoms with Crippen LogP contribution in [-0.4, -0.2) is 15.2 Å². The number of carbonyl (C=O) groups excluding carboxylic acids is 1.